The van der Waals surface area contributed by atoms with Crippen LogP contribution in [-0.4, -0.2) is 45.5 Å². The second-order valence-electron chi connectivity index (χ2n) is 10.3. The second kappa shape index (κ2) is 8.82. The van der Waals surface area contributed by atoms with Crippen molar-refractivity contribution < 1.29 is 4.39 Å². The Morgan fingerprint density at radius 1 is 1.14 bits per heavy atom. The number of hydrogen-bond donors (Lipinski definition) is 1. The number of aryl methyl sites for hydroxylation is 1. The average molecular weight is 498 g/mol. The van der Waals surface area contributed by atoms with Crippen LogP contribution in [0.4, 0.5) is 10.2 Å². The third-order valence-electron chi connectivity index (χ3n) is 7.95. The standard InChI is InChI=1S/C28H28FN7O/c1-18-25(35-11-8-28(9-12-35)7-10-31-17-28)32-26(19-3-4-20(15-30)23(29)14-19)36(27(18)37)22-5-6-24-21(13-22)16-34(2)33-24/h3-6,13-14,16,31H,7-12,17H2,1-2H3. The molecule has 0 saturated carbocycles. The van der Waals surface area contributed by atoms with E-state index in [0.29, 0.717) is 33.9 Å². The molecule has 188 valence electrons. The first-order chi connectivity index (χ1) is 17.9. The lowest BCUT2D eigenvalue weighted by atomic mass is 9.78. The smallest absolute Gasteiger partial charge is 0.263 e. The van der Waals surface area contributed by atoms with Crippen molar-refractivity contribution in [1.82, 2.24) is 24.6 Å². The van der Waals surface area contributed by atoms with Gasteiger partial charge in [0.05, 0.1) is 22.3 Å². The number of nitrogens with zero attached hydrogens (tertiary/aromatic N) is 6. The Balaban J connectivity index is 1.51. The van der Waals surface area contributed by atoms with E-state index in [1.165, 1.54) is 18.6 Å². The predicted molar refractivity (Wildman–Crippen MR) is 140 cm³/mol. The summed E-state index contributed by atoms with van der Waals surface area (Å²) in [6, 6.07) is 11.8. The molecule has 0 unspecified atom stereocenters. The van der Waals surface area contributed by atoms with Crippen LogP contribution in [-0.2, 0) is 7.05 Å². The summed E-state index contributed by atoms with van der Waals surface area (Å²) in [6.45, 7) is 5.56. The van der Waals surface area contributed by atoms with E-state index in [1.54, 1.807) is 15.3 Å². The maximum atomic E-state index is 14.7. The van der Waals surface area contributed by atoms with E-state index in [4.69, 9.17) is 4.98 Å². The van der Waals surface area contributed by atoms with E-state index < -0.39 is 5.82 Å². The normalized spacial score (nSPS) is 17.0. The van der Waals surface area contributed by atoms with Gasteiger partial charge in [-0.1, -0.05) is 0 Å². The van der Waals surface area contributed by atoms with E-state index >= 15 is 0 Å². The van der Waals surface area contributed by atoms with Gasteiger partial charge in [-0.3, -0.25) is 14.0 Å². The van der Waals surface area contributed by atoms with Crippen LogP contribution in [0.15, 0.2) is 47.4 Å². The highest BCUT2D eigenvalue weighted by Crippen LogP contribution is 2.38. The van der Waals surface area contributed by atoms with Crippen LogP contribution >= 0.6 is 0 Å². The molecule has 1 spiro atoms. The minimum Gasteiger partial charge on any atom is -0.356 e. The number of hydrogen-bond acceptors (Lipinski definition) is 6. The first-order valence-electron chi connectivity index (χ1n) is 12.6. The minimum absolute atomic E-state index is 0.0479. The summed E-state index contributed by atoms with van der Waals surface area (Å²) in [5.41, 5.74) is 2.53. The lowest BCUT2D eigenvalue weighted by Gasteiger charge is -2.40. The summed E-state index contributed by atoms with van der Waals surface area (Å²) in [7, 11) is 1.85. The van der Waals surface area contributed by atoms with Crippen LogP contribution in [0.3, 0.4) is 0 Å². The van der Waals surface area contributed by atoms with Crippen molar-refractivity contribution in [3.8, 4) is 23.1 Å². The molecule has 1 N–H and O–H groups in total. The fraction of sp³-hybridized carbons (Fsp3) is 0.357. The Bertz CT molecular complexity index is 1610. The van der Waals surface area contributed by atoms with Gasteiger partial charge < -0.3 is 10.2 Å². The topological polar surface area (TPSA) is 91.8 Å². The molecule has 2 aliphatic heterocycles. The molecule has 0 amide bonds. The van der Waals surface area contributed by atoms with Crippen molar-refractivity contribution in [2.75, 3.05) is 31.1 Å². The van der Waals surface area contributed by atoms with Gasteiger partial charge in [-0.15, -0.1) is 0 Å². The first-order valence-corrected chi connectivity index (χ1v) is 12.6. The van der Waals surface area contributed by atoms with E-state index in [-0.39, 0.29) is 11.1 Å². The number of anilines is 1. The van der Waals surface area contributed by atoms with Crippen LogP contribution in [0.1, 0.15) is 30.4 Å². The maximum absolute atomic E-state index is 14.7. The van der Waals surface area contributed by atoms with Crippen molar-refractivity contribution in [2.45, 2.75) is 26.2 Å². The molecule has 0 bridgehead atoms. The van der Waals surface area contributed by atoms with Crippen LogP contribution in [0.25, 0.3) is 28.0 Å². The highest BCUT2D eigenvalue weighted by molar-refractivity contribution is 5.81. The van der Waals surface area contributed by atoms with E-state index in [1.807, 2.05) is 44.4 Å². The molecule has 37 heavy (non-hydrogen) atoms. The molecule has 2 aliphatic rings. The van der Waals surface area contributed by atoms with Crippen molar-refractivity contribution in [2.24, 2.45) is 12.5 Å². The van der Waals surface area contributed by atoms with Crippen LogP contribution in [0.5, 0.6) is 0 Å². The number of fused-ring (bicyclic) bond motifs is 1. The van der Waals surface area contributed by atoms with Gasteiger partial charge in [0.1, 0.15) is 23.5 Å². The number of aromatic nitrogens is 4. The van der Waals surface area contributed by atoms with Gasteiger partial charge in [0.15, 0.2) is 0 Å². The molecule has 2 aromatic carbocycles. The first kappa shape index (κ1) is 23.4. The van der Waals surface area contributed by atoms with Gasteiger partial charge in [-0.25, -0.2) is 9.37 Å². The maximum Gasteiger partial charge on any atom is 0.263 e. The van der Waals surface area contributed by atoms with E-state index in [0.717, 1.165) is 49.9 Å². The van der Waals surface area contributed by atoms with Gasteiger partial charge in [0.2, 0.25) is 0 Å². The van der Waals surface area contributed by atoms with Gasteiger partial charge in [-0.05, 0) is 74.5 Å². The second-order valence-corrected chi connectivity index (χ2v) is 10.3. The predicted octanol–water partition coefficient (Wildman–Crippen LogP) is 3.69. The Labute approximate surface area is 214 Å². The molecule has 6 rings (SSSR count). The number of piperidine rings is 1. The molecular weight excluding hydrogens is 469 g/mol. The molecule has 0 aliphatic carbocycles. The lowest BCUT2D eigenvalue weighted by Crippen LogP contribution is -2.43. The number of benzene rings is 2. The highest BCUT2D eigenvalue weighted by Gasteiger charge is 2.38. The Kier molecular flexibility index (Phi) is 5.57. The largest absolute Gasteiger partial charge is 0.356 e. The molecule has 2 saturated heterocycles. The lowest BCUT2D eigenvalue weighted by molar-refractivity contribution is 0.247. The molecule has 9 heteroatoms. The molecule has 0 radical (unpaired) electrons. The monoisotopic (exact) mass is 497 g/mol. The molecule has 2 fully saturated rings. The zero-order valence-electron chi connectivity index (χ0n) is 21.0. The van der Waals surface area contributed by atoms with Crippen molar-refractivity contribution in [3.05, 3.63) is 69.9 Å². The molecule has 4 aromatic rings. The van der Waals surface area contributed by atoms with Gasteiger partial charge in [0.25, 0.3) is 5.56 Å². The minimum atomic E-state index is -0.640. The zero-order valence-corrected chi connectivity index (χ0v) is 21.0. The van der Waals surface area contributed by atoms with E-state index in [2.05, 4.69) is 15.3 Å². The van der Waals surface area contributed by atoms with Crippen LogP contribution in [0.2, 0.25) is 0 Å². The SMILES string of the molecule is Cc1c(N2CCC3(CCNC3)CC2)nc(-c2ccc(C#N)c(F)c2)n(-c2ccc3nn(C)cc3c2)c1=O. The summed E-state index contributed by atoms with van der Waals surface area (Å²) in [4.78, 5) is 21.1. The molecular formula is C28H28FN7O. The number of rotatable bonds is 3. The Morgan fingerprint density at radius 2 is 1.95 bits per heavy atom. The summed E-state index contributed by atoms with van der Waals surface area (Å²) in [5, 5.41) is 18.0. The van der Waals surface area contributed by atoms with E-state index in [9.17, 15) is 14.4 Å². The van der Waals surface area contributed by atoms with Crippen LogP contribution < -0.4 is 15.8 Å². The molecule has 4 heterocycles. The zero-order chi connectivity index (χ0) is 25.7. The molecule has 2 aromatic heterocycles. The third-order valence-corrected chi connectivity index (χ3v) is 7.95. The van der Waals surface area contributed by atoms with Gasteiger partial charge in [0, 0.05) is 43.8 Å². The quantitative estimate of drug-likeness (QED) is 0.464. The fourth-order valence-electron chi connectivity index (χ4n) is 5.77. The van der Waals surface area contributed by atoms with Crippen molar-refractivity contribution in [1.29, 1.82) is 5.26 Å². The average Bonchev–Trinajstić information content (AvgIpc) is 3.51. The number of halogens is 1. The van der Waals surface area contributed by atoms with Gasteiger partial charge >= 0.3 is 0 Å². The fourth-order valence-corrected chi connectivity index (χ4v) is 5.77. The van der Waals surface area contributed by atoms with Crippen LogP contribution in [0, 0.1) is 29.5 Å². The summed E-state index contributed by atoms with van der Waals surface area (Å²) in [6.07, 6.45) is 5.16. The summed E-state index contributed by atoms with van der Waals surface area (Å²) in [5.74, 6) is 0.351. The van der Waals surface area contributed by atoms with Gasteiger partial charge in [-0.2, -0.15) is 10.4 Å². The van der Waals surface area contributed by atoms with Crippen molar-refractivity contribution >= 4 is 16.7 Å². The Morgan fingerprint density at radius 3 is 2.65 bits per heavy atom. The number of nitrogens with one attached hydrogen (secondary N) is 1. The Hall–Kier alpha value is -4.03. The molecule has 0 atom stereocenters. The summed E-state index contributed by atoms with van der Waals surface area (Å²) >= 11 is 0. The van der Waals surface area contributed by atoms with Crippen molar-refractivity contribution in [3.63, 3.8) is 0 Å². The highest BCUT2D eigenvalue weighted by atomic mass is 19.1. The summed E-state index contributed by atoms with van der Waals surface area (Å²) < 4.78 is 18.0. The number of nitriles is 1. The third kappa shape index (κ3) is 3.98. The molecule has 8 nitrogen and oxygen atoms in total.